The van der Waals surface area contributed by atoms with E-state index in [1.165, 1.54) is 6.07 Å². The van der Waals surface area contributed by atoms with E-state index < -0.39 is 0 Å². The van der Waals surface area contributed by atoms with Crippen molar-refractivity contribution in [3.63, 3.8) is 0 Å². The zero-order valence-electron chi connectivity index (χ0n) is 11.7. The Labute approximate surface area is 123 Å². The molecule has 0 spiro atoms. The smallest absolute Gasteiger partial charge is 0.296 e. The number of rotatable bonds is 5. The average Bonchev–Trinajstić information content (AvgIpc) is 2.99. The minimum atomic E-state index is -0.196. The molecule has 1 aromatic heterocycles. The Morgan fingerprint density at radius 2 is 2.19 bits per heavy atom. The van der Waals surface area contributed by atoms with Crippen molar-refractivity contribution in [1.29, 1.82) is 0 Å². The second-order valence-electron chi connectivity index (χ2n) is 5.15. The third-order valence-corrected chi connectivity index (χ3v) is 3.43. The molecule has 0 saturated carbocycles. The van der Waals surface area contributed by atoms with Crippen LogP contribution in [0.15, 0.2) is 41.2 Å². The molecule has 3 rings (SSSR count). The largest absolute Gasteiger partial charge is 0.462 e. The van der Waals surface area contributed by atoms with E-state index in [1.807, 2.05) is 30.3 Å². The third kappa shape index (κ3) is 3.92. The van der Waals surface area contributed by atoms with Crippen LogP contribution in [0.2, 0.25) is 0 Å². The SMILES string of the molecule is O=c1cc(Cc2ccccc2)nc(OCC2CCCO2)[nH]1. The fourth-order valence-corrected chi connectivity index (χ4v) is 2.40. The van der Waals surface area contributed by atoms with Gasteiger partial charge in [-0.3, -0.25) is 9.78 Å². The van der Waals surface area contributed by atoms with Gasteiger partial charge in [0.1, 0.15) is 6.61 Å². The van der Waals surface area contributed by atoms with E-state index in [2.05, 4.69) is 9.97 Å². The van der Waals surface area contributed by atoms with Crippen molar-refractivity contribution in [2.45, 2.75) is 25.4 Å². The van der Waals surface area contributed by atoms with Gasteiger partial charge in [0.05, 0.1) is 11.8 Å². The van der Waals surface area contributed by atoms with Crippen molar-refractivity contribution in [3.05, 3.63) is 58.0 Å². The van der Waals surface area contributed by atoms with E-state index in [0.717, 1.165) is 25.0 Å². The summed E-state index contributed by atoms with van der Waals surface area (Å²) in [5.74, 6) is 0. The molecular weight excluding hydrogens is 268 g/mol. The van der Waals surface area contributed by atoms with E-state index in [0.29, 0.717) is 18.7 Å². The predicted molar refractivity (Wildman–Crippen MR) is 78.6 cm³/mol. The molecule has 110 valence electrons. The van der Waals surface area contributed by atoms with Gasteiger partial charge in [0, 0.05) is 19.1 Å². The van der Waals surface area contributed by atoms with Gasteiger partial charge in [0.2, 0.25) is 0 Å². The van der Waals surface area contributed by atoms with Crippen LogP contribution >= 0.6 is 0 Å². The number of hydrogen-bond donors (Lipinski definition) is 1. The molecule has 1 aromatic carbocycles. The maximum Gasteiger partial charge on any atom is 0.296 e. The van der Waals surface area contributed by atoms with E-state index in [-0.39, 0.29) is 17.7 Å². The Morgan fingerprint density at radius 1 is 1.33 bits per heavy atom. The lowest BCUT2D eigenvalue weighted by molar-refractivity contribution is 0.0643. The average molecular weight is 286 g/mol. The zero-order chi connectivity index (χ0) is 14.5. The van der Waals surface area contributed by atoms with Crippen LogP contribution in [0.25, 0.3) is 0 Å². The summed E-state index contributed by atoms with van der Waals surface area (Å²) in [5.41, 5.74) is 1.62. The van der Waals surface area contributed by atoms with Crippen LogP contribution in [-0.4, -0.2) is 29.3 Å². The van der Waals surface area contributed by atoms with Crippen molar-refractivity contribution in [1.82, 2.24) is 9.97 Å². The van der Waals surface area contributed by atoms with Crippen molar-refractivity contribution < 1.29 is 9.47 Å². The summed E-state index contributed by atoms with van der Waals surface area (Å²) in [6.45, 7) is 1.21. The number of H-pyrrole nitrogens is 1. The molecule has 0 bridgehead atoms. The van der Waals surface area contributed by atoms with E-state index >= 15 is 0 Å². The molecule has 1 saturated heterocycles. The summed E-state index contributed by atoms with van der Waals surface area (Å²) in [4.78, 5) is 18.7. The molecule has 21 heavy (non-hydrogen) atoms. The summed E-state index contributed by atoms with van der Waals surface area (Å²) in [6, 6.07) is 11.7. The van der Waals surface area contributed by atoms with Crippen LogP contribution in [-0.2, 0) is 11.2 Å². The van der Waals surface area contributed by atoms with Gasteiger partial charge >= 0.3 is 0 Å². The molecule has 5 heteroatoms. The van der Waals surface area contributed by atoms with Gasteiger partial charge in [-0.2, -0.15) is 0 Å². The van der Waals surface area contributed by atoms with Gasteiger partial charge in [0.15, 0.2) is 0 Å². The predicted octanol–water partition coefficient (Wildman–Crippen LogP) is 1.92. The first-order chi connectivity index (χ1) is 10.3. The number of benzene rings is 1. The maximum absolute atomic E-state index is 11.7. The van der Waals surface area contributed by atoms with E-state index in [4.69, 9.17) is 9.47 Å². The van der Waals surface area contributed by atoms with Crippen molar-refractivity contribution >= 4 is 0 Å². The van der Waals surface area contributed by atoms with Gasteiger partial charge in [-0.15, -0.1) is 0 Å². The first-order valence-electron chi connectivity index (χ1n) is 7.18. The highest BCUT2D eigenvalue weighted by atomic mass is 16.5. The van der Waals surface area contributed by atoms with Crippen LogP contribution < -0.4 is 10.3 Å². The molecule has 1 aliphatic heterocycles. The highest BCUT2D eigenvalue weighted by Gasteiger charge is 2.16. The van der Waals surface area contributed by atoms with Gasteiger partial charge < -0.3 is 9.47 Å². The number of nitrogens with one attached hydrogen (secondary N) is 1. The lowest BCUT2D eigenvalue weighted by Crippen LogP contribution is -2.19. The highest BCUT2D eigenvalue weighted by molar-refractivity contribution is 5.21. The first kappa shape index (κ1) is 13.8. The Morgan fingerprint density at radius 3 is 2.95 bits per heavy atom. The second-order valence-corrected chi connectivity index (χ2v) is 5.15. The maximum atomic E-state index is 11.7. The lowest BCUT2D eigenvalue weighted by atomic mass is 10.1. The molecule has 1 fully saturated rings. The topological polar surface area (TPSA) is 64.2 Å². The fraction of sp³-hybridized carbons (Fsp3) is 0.375. The molecular formula is C16H18N2O3. The number of nitrogens with zero attached hydrogens (tertiary/aromatic N) is 1. The van der Waals surface area contributed by atoms with Crippen molar-refractivity contribution in [3.8, 4) is 6.01 Å². The fourth-order valence-electron chi connectivity index (χ4n) is 2.40. The summed E-state index contributed by atoms with van der Waals surface area (Å²) in [7, 11) is 0. The van der Waals surface area contributed by atoms with Crippen LogP contribution in [0.3, 0.4) is 0 Å². The van der Waals surface area contributed by atoms with E-state index in [1.54, 1.807) is 0 Å². The summed E-state index contributed by atoms with van der Waals surface area (Å²) in [6.07, 6.45) is 2.77. The standard InChI is InChI=1S/C16H18N2O3/c19-15-10-13(9-12-5-2-1-3-6-12)17-16(18-15)21-11-14-7-4-8-20-14/h1-3,5-6,10,14H,4,7-9,11H2,(H,17,18,19). The normalized spacial score (nSPS) is 17.8. The number of aromatic nitrogens is 2. The minimum absolute atomic E-state index is 0.105. The minimum Gasteiger partial charge on any atom is -0.462 e. The summed E-state index contributed by atoms with van der Waals surface area (Å²) in [5, 5.41) is 0. The Kier molecular flexibility index (Phi) is 4.31. The molecule has 2 heterocycles. The first-order valence-corrected chi connectivity index (χ1v) is 7.18. The van der Waals surface area contributed by atoms with Crippen molar-refractivity contribution in [2.75, 3.05) is 13.2 Å². The molecule has 1 N–H and O–H groups in total. The molecule has 5 nitrogen and oxygen atoms in total. The molecule has 0 amide bonds. The molecule has 0 radical (unpaired) electrons. The summed E-state index contributed by atoms with van der Waals surface area (Å²) >= 11 is 0. The number of ether oxygens (including phenoxy) is 2. The highest BCUT2D eigenvalue weighted by Crippen LogP contribution is 2.13. The molecule has 1 atom stereocenters. The van der Waals surface area contributed by atoms with Gasteiger partial charge in [-0.05, 0) is 18.4 Å². The molecule has 2 aromatic rings. The molecule has 1 unspecified atom stereocenters. The monoisotopic (exact) mass is 286 g/mol. The van der Waals surface area contributed by atoms with E-state index in [9.17, 15) is 4.79 Å². The van der Waals surface area contributed by atoms with Crippen LogP contribution in [0, 0.1) is 0 Å². The zero-order valence-corrected chi connectivity index (χ0v) is 11.7. The van der Waals surface area contributed by atoms with Gasteiger partial charge in [0.25, 0.3) is 11.6 Å². The van der Waals surface area contributed by atoms with Crippen molar-refractivity contribution in [2.24, 2.45) is 0 Å². The van der Waals surface area contributed by atoms with Crippen LogP contribution in [0.4, 0.5) is 0 Å². The Bertz CT molecular complexity index is 633. The molecule has 0 aliphatic carbocycles. The van der Waals surface area contributed by atoms with Crippen LogP contribution in [0.1, 0.15) is 24.1 Å². The lowest BCUT2D eigenvalue weighted by Gasteiger charge is -2.11. The van der Waals surface area contributed by atoms with Gasteiger partial charge in [-0.25, -0.2) is 4.98 Å². The third-order valence-electron chi connectivity index (χ3n) is 3.43. The van der Waals surface area contributed by atoms with Crippen LogP contribution in [0.5, 0.6) is 6.01 Å². The number of hydrogen-bond acceptors (Lipinski definition) is 4. The molecule has 1 aliphatic rings. The second kappa shape index (κ2) is 6.54. The Hall–Kier alpha value is -2.14. The summed E-state index contributed by atoms with van der Waals surface area (Å²) < 4.78 is 11.0. The Balaban J connectivity index is 1.68. The quantitative estimate of drug-likeness (QED) is 0.912. The number of aromatic amines is 1. The van der Waals surface area contributed by atoms with Gasteiger partial charge in [-0.1, -0.05) is 30.3 Å².